The van der Waals surface area contributed by atoms with Crippen molar-refractivity contribution in [3.63, 3.8) is 0 Å². The lowest BCUT2D eigenvalue weighted by molar-refractivity contribution is -0.113. The summed E-state index contributed by atoms with van der Waals surface area (Å²) in [5.41, 5.74) is 2.46. The summed E-state index contributed by atoms with van der Waals surface area (Å²) in [5.74, 6) is -0.0197. The Bertz CT molecular complexity index is 1360. The van der Waals surface area contributed by atoms with E-state index in [-0.39, 0.29) is 17.2 Å². The van der Waals surface area contributed by atoms with Gasteiger partial charge in [0.25, 0.3) is 5.56 Å². The number of nitrogens with zero attached hydrogens (tertiary/aromatic N) is 3. The number of ether oxygens (including phenoxy) is 1. The molecule has 0 saturated carbocycles. The third kappa shape index (κ3) is 5.10. The van der Waals surface area contributed by atoms with Gasteiger partial charge < -0.3 is 10.1 Å². The number of thiophene rings is 1. The Labute approximate surface area is 200 Å². The first-order valence-corrected chi connectivity index (χ1v) is 12.6. The van der Waals surface area contributed by atoms with Crippen LogP contribution in [0.15, 0.2) is 46.5 Å². The van der Waals surface area contributed by atoms with Gasteiger partial charge in [0.05, 0.1) is 22.3 Å². The van der Waals surface area contributed by atoms with E-state index in [0.717, 1.165) is 26.2 Å². The van der Waals surface area contributed by atoms with Crippen LogP contribution >= 0.6 is 23.1 Å². The van der Waals surface area contributed by atoms with Gasteiger partial charge in [-0.2, -0.15) is 0 Å². The summed E-state index contributed by atoms with van der Waals surface area (Å²) in [6.45, 7) is 7.61. The molecule has 0 aliphatic heterocycles. The van der Waals surface area contributed by atoms with Crippen molar-refractivity contribution in [1.82, 2.24) is 14.5 Å². The van der Waals surface area contributed by atoms with Crippen LogP contribution in [0.3, 0.4) is 0 Å². The van der Waals surface area contributed by atoms with Crippen LogP contribution in [0.2, 0.25) is 0 Å². The molecule has 7 nitrogen and oxygen atoms in total. The quantitative estimate of drug-likeness (QED) is 0.210. The average Bonchev–Trinajstić information content (AvgIpc) is 3.10. The lowest BCUT2D eigenvalue weighted by atomic mass is 10.2. The number of rotatable bonds is 9. The summed E-state index contributed by atoms with van der Waals surface area (Å²) >= 11 is 2.79. The Balaban J connectivity index is 1.56. The summed E-state index contributed by atoms with van der Waals surface area (Å²) < 4.78 is 7.12. The molecule has 4 rings (SSSR count). The number of hydrogen-bond donors (Lipinski definition) is 1. The molecule has 0 atom stereocenters. The maximum atomic E-state index is 13.3. The van der Waals surface area contributed by atoms with Crippen LogP contribution in [0.1, 0.15) is 23.8 Å². The van der Waals surface area contributed by atoms with Crippen LogP contribution in [0, 0.1) is 13.8 Å². The standard InChI is InChI=1S/C24H26N4O3S2/c1-4-31-13-7-12-28-23(30)21-15(2)16(3)33-22(21)27-24(28)32-14-20(29)26-19-10-5-9-18-17(19)8-6-11-25-18/h5-6,8-11H,4,7,12-14H2,1-3H3,(H,26,29). The van der Waals surface area contributed by atoms with Crippen LogP contribution < -0.4 is 10.9 Å². The molecule has 1 aromatic carbocycles. The molecule has 9 heteroatoms. The highest BCUT2D eigenvalue weighted by Gasteiger charge is 2.18. The molecule has 1 N–H and O–H groups in total. The molecule has 0 spiro atoms. The lowest BCUT2D eigenvalue weighted by Crippen LogP contribution is -2.25. The van der Waals surface area contributed by atoms with E-state index in [1.54, 1.807) is 10.8 Å². The van der Waals surface area contributed by atoms with Gasteiger partial charge in [-0.1, -0.05) is 17.8 Å². The predicted molar refractivity (Wildman–Crippen MR) is 136 cm³/mol. The molecule has 0 fully saturated rings. The minimum absolute atomic E-state index is 0.0543. The number of thioether (sulfide) groups is 1. The second kappa shape index (κ2) is 10.5. The van der Waals surface area contributed by atoms with Crippen molar-refractivity contribution in [2.24, 2.45) is 0 Å². The fourth-order valence-electron chi connectivity index (χ4n) is 3.61. The highest BCUT2D eigenvalue weighted by atomic mass is 32.2. The number of carbonyl (C=O) groups is 1. The highest BCUT2D eigenvalue weighted by Crippen LogP contribution is 2.29. The van der Waals surface area contributed by atoms with Crippen LogP contribution in [-0.2, 0) is 16.1 Å². The van der Waals surface area contributed by atoms with Gasteiger partial charge in [0.15, 0.2) is 5.16 Å². The number of pyridine rings is 1. The van der Waals surface area contributed by atoms with Gasteiger partial charge in [0.1, 0.15) is 4.83 Å². The molecule has 1 amide bonds. The molecule has 0 saturated heterocycles. The number of benzene rings is 1. The summed E-state index contributed by atoms with van der Waals surface area (Å²) in [6.07, 6.45) is 2.43. The average molecular weight is 483 g/mol. The minimum Gasteiger partial charge on any atom is -0.382 e. The number of amides is 1. The van der Waals surface area contributed by atoms with Crippen LogP contribution in [-0.4, -0.2) is 39.4 Å². The smallest absolute Gasteiger partial charge is 0.263 e. The van der Waals surface area contributed by atoms with E-state index in [1.165, 1.54) is 23.1 Å². The highest BCUT2D eigenvalue weighted by molar-refractivity contribution is 7.99. The van der Waals surface area contributed by atoms with Gasteiger partial charge in [0.2, 0.25) is 5.91 Å². The fraction of sp³-hybridized carbons (Fsp3) is 0.333. The lowest BCUT2D eigenvalue weighted by Gasteiger charge is -2.13. The predicted octanol–water partition coefficient (Wildman–Crippen LogP) is 4.78. The Morgan fingerprint density at radius 2 is 2.09 bits per heavy atom. The molecule has 0 aliphatic rings. The molecular weight excluding hydrogens is 456 g/mol. The van der Waals surface area contributed by atoms with Crippen molar-refractivity contribution in [2.75, 3.05) is 24.3 Å². The van der Waals surface area contributed by atoms with E-state index in [1.807, 2.05) is 51.1 Å². The molecule has 3 aromatic heterocycles. The molecule has 0 radical (unpaired) electrons. The van der Waals surface area contributed by atoms with E-state index in [4.69, 9.17) is 9.72 Å². The van der Waals surface area contributed by atoms with Crippen molar-refractivity contribution < 1.29 is 9.53 Å². The number of aromatic nitrogens is 3. The first-order valence-electron chi connectivity index (χ1n) is 10.8. The number of anilines is 1. The van der Waals surface area contributed by atoms with E-state index >= 15 is 0 Å². The molecule has 0 unspecified atom stereocenters. The second-order valence-electron chi connectivity index (χ2n) is 7.58. The van der Waals surface area contributed by atoms with Gasteiger partial charge in [-0.3, -0.25) is 19.1 Å². The number of carbonyl (C=O) groups excluding carboxylic acids is 1. The van der Waals surface area contributed by atoms with Gasteiger partial charge in [-0.15, -0.1) is 11.3 Å². The molecule has 4 aromatic rings. The van der Waals surface area contributed by atoms with Crippen molar-refractivity contribution >= 4 is 55.8 Å². The normalized spacial score (nSPS) is 11.4. The van der Waals surface area contributed by atoms with Gasteiger partial charge in [0, 0.05) is 36.2 Å². The number of aryl methyl sites for hydroxylation is 2. The third-order valence-electron chi connectivity index (χ3n) is 5.38. The van der Waals surface area contributed by atoms with E-state index in [2.05, 4.69) is 10.3 Å². The van der Waals surface area contributed by atoms with Crippen LogP contribution in [0.25, 0.3) is 21.1 Å². The summed E-state index contributed by atoms with van der Waals surface area (Å²) in [6, 6.07) is 9.41. The van der Waals surface area contributed by atoms with E-state index in [0.29, 0.717) is 42.4 Å². The third-order valence-corrected chi connectivity index (χ3v) is 7.46. The second-order valence-corrected chi connectivity index (χ2v) is 9.72. The number of nitrogens with one attached hydrogen (secondary N) is 1. The summed E-state index contributed by atoms with van der Waals surface area (Å²) in [5, 5.41) is 5.08. The number of fused-ring (bicyclic) bond motifs is 2. The molecule has 0 bridgehead atoms. The largest absolute Gasteiger partial charge is 0.382 e. The van der Waals surface area contributed by atoms with Gasteiger partial charge in [-0.05, 0) is 57.0 Å². The monoisotopic (exact) mass is 482 g/mol. The van der Waals surface area contributed by atoms with E-state index < -0.39 is 0 Å². The molecule has 0 aliphatic carbocycles. The van der Waals surface area contributed by atoms with Crippen molar-refractivity contribution in [2.45, 2.75) is 38.9 Å². The summed E-state index contributed by atoms with van der Waals surface area (Å²) in [7, 11) is 0. The molecule has 172 valence electrons. The van der Waals surface area contributed by atoms with E-state index in [9.17, 15) is 9.59 Å². The SMILES string of the molecule is CCOCCCn1c(SCC(=O)Nc2cccc3ncccc23)nc2sc(C)c(C)c2c1=O. The maximum Gasteiger partial charge on any atom is 0.263 e. The molecule has 3 heterocycles. The first kappa shape index (κ1) is 23.4. The Hall–Kier alpha value is -2.75. The molecule has 33 heavy (non-hydrogen) atoms. The van der Waals surface area contributed by atoms with Crippen molar-refractivity contribution in [3.05, 3.63) is 57.3 Å². The number of hydrogen-bond acceptors (Lipinski definition) is 7. The topological polar surface area (TPSA) is 86.1 Å². The zero-order valence-electron chi connectivity index (χ0n) is 18.9. The van der Waals surface area contributed by atoms with Crippen LogP contribution in [0.4, 0.5) is 5.69 Å². The van der Waals surface area contributed by atoms with Crippen molar-refractivity contribution in [3.8, 4) is 0 Å². The maximum absolute atomic E-state index is 13.3. The van der Waals surface area contributed by atoms with Crippen molar-refractivity contribution in [1.29, 1.82) is 0 Å². The van der Waals surface area contributed by atoms with Gasteiger partial charge in [-0.25, -0.2) is 4.98 Å². The first-order chi connectivity index (χ1) is 16.0. The Morgan fingerprint density at radius 3 is 2.91 bits per heavy atom. The summed E-state index contributed by atoms with van der Waals surface area (Å²) in [4.78, 5) is 37.0. The zero-order valence-corrected chi connectivity index (χ0v) is 20.5. The molecular formula is C24H26N4O3S2. The zero-order chi connectivity index (χ0) is 23.4. The Kier molecular flexibility index (Phi) is 7.42. The Morgan fingerprint density at radius 1 is 1.24 bits per heavy atom. The fourth-order valence-corrected chi connectivity index (χ4v) is 5.51. The van der Waals surface area contributed by atoms with Crippen LogP contribution in [0.5, 0.6) is 0 Å². The van der Waals surface area contributed by atoms with Gasteiger partial charge >= 0.3 is 0 Å². The minimum atomic E-state index is -0.162.